The van der Waals surface area contributed by atoms with Crippen LogP contribution in [0.4, 0.5) is 0 Å². The molecule has 0 aliphatic carbocycles. The fourth-order valence-corrected chi connectivity index (χ4v) is 6.95. The summed E-state index contributed by atoms with van der Waals surface area (Å²) in [4.78, 5) is 0. The highest BCUT2D eigenvalue weighted by Gasteiger charge is 2.19. The quantitative estimate of drug-likeness (QED) is 0.203. The molecule has 0 fully saturated rings. The third kappa shape index (κ3) is 4.63. The topological polar surface area (TPSA) is 22.4 Å². The van der Waals surface area contributed by atoms with Gasteiger partial charge in [0.15, 0.2) is 0 Å². The number of furan rings is 1. The molecule has 0 unspecified atom stereocenters. The fourth-order valence-electron chi connectivity index (χ4n) is 6.95. The number of ether oxygens (including phenoxy) is 1. The molecular formula is C44H30O2. The number of rotatable bonds is 4. The van der Waals surface area contributed by atoms with E-state index in [9.17, 15) is 0 Å². The van der Waals surface area contributed by atoms with Crippen LogP contribution < -0.4 is 0 Å². The third-order valence-corrected chi connectivity index (χ3v) is 9.21. The van der Waals surface area contributed by atoms with E-state index in [1.807, 2.05) is 12.1 Å². The molecule has 1 aliphatic heterocycles. The molecule has 0 amide bonds. The van der Waals surface area contributed by atoms with Gasteiger partial charge >= 0.3 is 0 Å². The first kappa shape index (κ1) is 26.7. The van der Waals surface area contributed by atoms with Gasteiger partial charge in [0.1, 0.15) is 11.2 Å². The van der Waals surface area contributed by atoms with Crippen LogP contribution in [0, 0.1) is 0 Å². The van der Waals surface area contributed by atoms with Gasteiger partial charge in [-0.25, -0.2) is 0 Å². The summed E-state index contributed by atoms with van der Waals surface area (Å²) in [5, 5.41) is 2.30. The molecule has 0 spiro atoms. The SMILES string of the molecule is c1ccc(-c2cc(-c3ccccc3)cc(-c3ccc4c(c3)COCc3ccc(-c5cccc6oc7ccccc7c56)cc3-4)c2)cc1. The largest absolute Gasteiger partial charge is 0.456 e. The van der Waals surface area contributed by atoms with Crippen LogP contribution >= 0.6 is 0 Å². The second kappa shape index (κ2) is 11.0. The van der Waals surface area contributed by atoms with Gasteiger partial charge in [-0.1, -0.05) is 115 Å². The van der Waals surface area contributed by atoms with Crippen molar-refractivity contribution in [2.45, 2.75) is 13.2 Å². The average Bonchev–Trinajstić information content (AvgIpc) is 3.41. The van der Waals surface area contributed by atoms with E-state index in [2.05, 4.69) is 146 Å². The molecule has 9 rings (SSSR count). The van der Waals surface area contributed by atoms with Crippen molar-refractivity contribution in [2.24, 2.45) is 0 Å². The van der Waals surface area contributed by atoms with Crippen molar-refractivity contribution < 1.29 is 9.15 Å². The zero-order chi connectivity index (χ0) is 30.5. The lowest BCUT2D eigenvalue weighted by Gasteiger charge is -2.15. The maximum atomic E-state index is 6.27. The summed E-state index contributed by atoms with van der Waals surface area (Å²) >= 11 is 0. The molecular weight excluding hydrogens is 560 g/mol. The molecule has 1 aliphatic rings. The number of hydrogen-bond donors (Lipinski definition) is 0. The van der Waals surface area contributed by atoms with Gasteiger partial charge in [0.2, 0.25) is 0 Å². The van der Waals surface area contributed by atoms with E-state index in [0.717, 1.165) is 21.9 Å². The molecule has 2 nitrogen and oxygen atoms in total. The van der Waals surface area contributed by atoms with Gasteiger partial charge < -0.3 is 9.15 Å². The van der Waals surface area contributed by atoms with Crippen molar-refractivity contribution in [3.05, 3.63) is 169 Å². The zero-order valence-electron chi connectivity index (χ0n) is 25.2. The second-order valence-electron chi connectivity index (χ2n) is 12.0. The van der Waals surface area contributed by atoms with Crippen LogP contribution in [0.3, 0.4) is 0 Å². The van der Waals surface area contributed by atoms with Gasteiger partial charge in [-0.15, -0.1) is 0 Å². The number of benzene rings is 7. The summed E-state index contributed by atoms with van der Waals surface area (Å²) in [5.74, 6) is 0. The van der Waals surface area contributed by atoms with E-state index < -0.39 is 0 Å². The van der Waals surface area contributed by atoms with Crippen molar-refractivity contribution in [1.29, 1.82) is 0 Å². The van der Waals surface area contributed by atoms with Crippen molar-refractivity contribution in [1.82, 2.24) is 0 Å². The molecule has 1 aromatic heterocycles. The predicted octanol–water partition coefficient (Wildman–Crippen LogP) is 12.0. The Balaban J connectivity index is 1.17. The van der Waals surface area contributed by atoms with Gasteiger partial charge in [-0.3, -0.25) is 0 Å². The number of para-hydroxylation sites is 1. The summed E-state index contributed by atoms with van der Waals surface area (Å²) in [6.07, 6.45) is 0. The Hall–Kier alpha value is -5.70. The van der Waals surface area contributed by atoms with Crippen LogP contribution in [-0.4, -0.2) is 0 Å². The van der Waals surface area contributed by atoms with Crippen molar-refractivity contribution >= 4 is 21.9 Å². The van der Waals surface area contributed by atoms with Gasteiger partial charge in [0, 0.05) is 10.8 Å². The minimum absolute atomic E-state index is 0.569. The van der Waals surface area contributed by atoms with Crippen molar-refractivity contribution in [3.63, 3.8) is 0 Å². The first-order valence-corrected chi connectivity index (χ1v) is 15.8. The Morgan fingerprint density at radius 2 is 0.978 bits per heavy atom. The molecule has 218 valence electrons. The van der Waals surface area contributed by atoms with Crippen molar-refractivity contribution in [2.75, 3.05) is 0 Å². The second-order valence-corrected chi connectivity index (χ2v) is 12.0. The van der Waals surface area contributed by atoms with Gasteiger partial charge in [0.25, 0.3) is 0 Å². The summed E-state index contributed by atoms with van der Waals surface area (Å²) in [6.45, 7) is 1.15. The Morgan fingerprint density at radius 1 is 0.348 bits per heavy atom. The van der Waals surface area contributed by atoms with E-state index in [0.29, 0.717) is 13.2 Å². The first-order chi connectivity index (χ1) is 22.8. The number of hydrogen-bond acceptors (Lipinski definition) is 2. The highest BCUT2D eigenvalue weighted by atomic mass is 16.5. The standard InChI is InChI=1S/C44H30O2/c1-3-10-29(11-4-1)34-23-35(30-12-5-2-6-13-30)25-36(24-34)31-20-21-38-37(22-31)28-45-27-33-19-18-32(26-41(33)38)39-15-9-17-43-44(39)40-14-7-8-16-42(40)46-43/h1-26H,27-28H2. The van der Waals surface area contributed by atoms with E-state index in [1.165, 1.54) is 66.8 Å². The summed E-state index contributed by atoms with van der Waals surface area (Å²) < 4.78 is 12.5. The molecule has 0 N–H and O–H groups in total. The first-order valence-electron chi connectivity index (χ1n) is 15.8. The third-order valence-electron chi connectivity index (χ3n) is 9.21. The Bertz CT molecular complexity index is 2320. The molecule has 7 aromatic carbocycles. The summed E-state index contributed by atoms with van der Waals surface area (Å²) in [7, 11) is 0. The van der Waals surface area contributed by atoms with Crippen LogP contribution in [0.15, 0.2) is 162 Å². The zero-order valence-corrected chi connectivity index (χ0v) is 25.2. The molecule has 0 atom stereocenters. The molecule has 0 radical (unpaired) electrons. The van der Waals surface area contributed by atoms with Crippen LogP contribution in [-0.2, 0) is 18.0 Å². The van der Waals surface area contributed by atoms with Gasteiger partial charge in [0.05, 0.1) is 13.2 Å². The van der Waals surface area contributed by atoms with E-state index in [1.54, 1.807) is 0 Å². The molecule has 0 saturated carbocycles. The predicted molar refractivity (Wildman–Crippen MR) is 189 cm³/mol. The highest BCUT2D eigenvalue weighted by molar-refractivity contribution is 6.12. The van der Waals surface area contributed by atoms with Crippen LogP contribution in [0.1, 0.15) is 11.1 Å². The lowest BCUT2D eigenvalue weighted by atomic mass is 9.89. The van der Waals surface area contributed by atoms with Gasteiger partial charge in [-0.05, 0) is 109 Å². The smallest absolute Gasteiger partial charge is 0.136 e. The van der Waals surface area contributed by atoms with Crippen LogP contribution in [0.5, 0.6) is 0 Å². The average molecular weight is 591 g/mol. The fraction of sp³-hybridized carbons (Fsp3) is 0.0455. The van der Waals surface area contributed by atoms with E-state index in [-0.39, 0.29) is 0 Å². The van der Waals surface area contributed by atoms with Crippen LogP contribution in [0.2, 0.25) is 0 Å². The molecule has 2 heteroatoms. The Kier molecular flexibility index (Phi) is 6.40. The van der Waals surface area contributed by atoms with Crippen molar-refractivity contribution in [3.8, 4) is 55.6 Å². The normalized spacial score (nSPS) is 12.5. The summed E-state index contributed by atoms with van der Waals surface area (Å²) in [5.41, 5.74) is 16.3. The monoisotopic (exact) mass is 590 g/mol. The lowest BCUT2D eigenvalue weighted by molar-refractivity contribution is 0.110. The molecule has 8 aromatic rings. The minimum atomic E-state index is 0.569. The van der Waals surface area contributed by atoms with Crippen LogP contribution in [0.25, 0.3) is 77.6 Å². The molecule has 2 heterocycles. The summed E-state index contributed by atoms with van der Waals surface area (Å²) in [6, 6.07) is 56.5. The van der Waals surface area contributed by atoms with E-state index in [4.69, 9.17) is 9.15 Å². The maximum Gasteiger partial charge on any atom is 0.136 e. The van der Waals surface area contributed by atoms with Gasteiger partial charge in [-0.2, -0.15) is 0 Å². The highest BCUT2D eigenvalue weighted by Crippen LogP contribution is 2.41. The Labute approximate surface area is 268 Å². The minimum Gasteiger partial charge on any atom is -0.456 e. The number of fused-ring (bicyclic) bond motifs is 6. The Morgan fingerprint density at radius 3 is 1.74 bits per heavy atom. The maximum absolute atomic E-state index is 6.27. The molecule has 46 heavy (non-hydrogen) atoms. The lowest BCUT2D eigenvalue weighted by Crippen LogP contribution is -1.92. The molecule has 0 saturated heterocycles. The molecule has 0 bridgehead atoms. The van der Waals surface area contributed by atoms with E-state index >= 15 is 0 Å².